The van der Waals surface area contributed by atoms with Crippen LogP contribution in [-0.2, 0) is 9.84 Å². The van der Waals surface area contributed by atoms with E-state index in [1.54, 1.807) is 12.1 Å². The molecule has 0 amide bonds. The third-order valence-corrected chi connectivity index (χ3v) is 10.1. The highest BCUT2D eigenvalue weighted by molar-refractivity contribution is 6.74. The van der Waals surface area contributed by atoms with Crippen LogP contribution in [0.15, 0.2) is 24.3 Å². The van der Waals surface area contributed by atoms with Crippen molar-refractivity contribution in [2.45, 2.75) is 69.7 Å². The lowest BCUT2D eigenvalue weighted by atomic mass is 9.80. The predicted molar refractivity (Wildman–Crippen MR) is 96.3 cm³/mol. The van der Waals surface area contributed by atoms with E-state index in [0.29, 0.717) is 6.42 Å². The van der Waals surface area contributed by atoms with E-state index in [9.17, 15) is 15.4 Å². The molecular formula is C18H26N2O3Si. The number of non-ortho nitro benzene ring substituents is 1. The summed E-state index contributed by atoms with van der Waals surface area (Å²) < 4.78 is 6.48. The smallest absolute Gasteiger partial charge is 0.269 e. The third kappa shape index (κ3) is 3.52. The number of rotatable bonds is 4. The number of nitriles is 1. The second kappa shape index (κ2) is 6.30. The van der Waals surface area contributed by atoms with Gasteiger partial charge in [0.25, 0.3) is 5.69 Å². The summed E-state index contributed by atoms with van der Waals surface area (Å²) in [5.74, 6) is 0. The van der Waals surface area contributed by atoms with Crippen molar-refractivity contribution in [2.24, 2.45) is 0 Å². The summed E-state index contributed by atoms with van der Waals surface area (Å²) in [4.78, 5) is 10.4. The first kappa shape index (κ1) is 18.6. The Morgan fingerprint density at radius 1 is 1.33 bits per heavy atom. The van der Waals surface area contributed by atoms with E-state index in [2.05, 4.69) is 39.9 Å². The molecule has 0 unspecified atom stereocenters. The minimum atomic E-state index is -1.87. The molecule has 2 atom stereocenters. The Balaban J connectivity index is 2.19. The summed E-state index contributed by atoms with van der Waals surface area (Å²) in [6, 6.07) is 8.86. The Hall–Kier alpha value is -1.71. The maximum atomic E-state index is 10.8. The van der Waals surface area contributed by atoms with Crippen LogP contribution >= 0.6 is 0 Å². The van der Waals surface area contributed by atoms with Crippen molar-refractivity contribution in [3.05, 3.63) is 39.9 Å². The first-order valence-corrected chi connectivity index (χ1v) is 11.3. The number of hydrogen-bond donors (Lipinski definition) is 0. The van der Waals surface area contributed by atoms with E-state index < -0.39 is 18.7 Å². The van der Waals surface area contributed by atoms with Crippen LogP contribution in [0.1, 0.15) is 45.6 Å². The molecule has 0 spiro atoms. The van der Waals surface area contributed by atoms with Gasteiger partial charge in [0.1, 0.15) is 0 Å². The van der Waals surface area contributed by atoms with Crippen LogP contribution in [-0.4, -0.2) is 19.3 Å². The van der Waals surface area contributed by atoms with Gasteiger partial charge in [-0.15, -0.1) is 0 Å². The Labute approximate surface area is 144 Å². The van der Waals surface area contributed by atoms with Crippen LogP contribution in [0.5, 0.6) is 0 Å². The first-order chi connectivity index (χ1) is 11.0. The van der Waals surface area contributed by atoms with Crippen molar-refractivity contribution in [3.8, 4) is 6.07 Å². The fourth-order valence-corrected chi connectivity index (χ4v) is 4.41. The average Bonchev–Trinajstić information content (AvgIpc) is 2.90. The zero-order valence-electron chi connectivity index (χ0n) is 15.1. The van der Waals surface area contributed by atoms with Crippen LogP contribution in [0.2, 0.25) is 18.1 Å². The molecule has 0 aromatic heterocycles. The second-order valence-electron chi connectivity index (χ2n) is 8.24. The maximum Gasteiger partial charge on any atom is 0.269 e. The minimum absolute atomic E-state index is 0.0545. The highest BCUT2D eigenvalue weighted by atomic mass is 28.4. The molecule has 24 heavy (non-hydrogen) atoms. The van der Waals surface area contributed by atoms with Gasteiger partial charge in [0.2, 0.25) is 0 Å². The molecule has 0 radical (unpaired) electrons. The van der Waals surface area contributed by atoms with Gasteiger partial charge in [-0.25, -0.2) is 0 Å². The standard InChI is InChI=1S/C18H26N2O3Si/c1-17(2,3)24(4,5)23-16-10-11-18(12-16,13-19)14-6-8-15(9-7-14)20(21)22/h6-9,16H,10-12H2,1-5H3/t16-,18+/m1/s1. The molecule has 0 aliphatic heterocycles. The summed E-state index contributed by atoms with van der Waals surface area (Å²) in [7, 11) is -1.87. The van der Waals surface area contributed by atoms with Crippen molar-refractivity contribution in [3.63, 3.8) is 0 Å². The fraction of sp³-hybridized carbons (Fsp3) is 0.611. The normalized spacial score (nSPS) is 24.6. The van der Waals surface area contributed by atoms with Crippen LogP contribution < -0.4 is 0 Å². The highest BCUT2D eigenvalue weighted by Gasteiger charge is 2.46. The Morgan fingerprint density at radius 2 is 1.92 bits per heavy atom. The predicted octanol–water partition coefficient (Wildman–Crippen LogP) is 4.93. The van der Waals surface area contributed by atoms with E-state index in [1.165, 1.54) is 12.1 Å². The summed E-state index contributed by atoms with van der Waals surface area (Å²) in [6.07, 6.45) is 2.34. The van der Waals surface area contributed by atoms with E-state index in [0.717, 1.165) is 18.4 Å². The number of nitrogens with zero attached hydrogens (tertiary/aromatic N) is 2. The molecule has 2 rings (SSSR count). The van der Waals surface area contributed by atoms with E-state index in [4.69, 9.17) is 4.43 Å². The molecule has 1 aromatic carbocycles. The number of nitro benzene ring substituents is 1. The zero-order valence-corrected chi connectivity index (χ0v) is 16.1. The van der Waals surface area contributed by atoms with Crippen molar-refractivity contribution in [2.75, 3.05) is 0 Å². The van der Waals surface area contributed by atoms with Crippen molar-refractivity contribution in [1.82, 2.24) is 0 Å². The molecule has 0 heterocycles. The largest absolute Gasteiger partial charge is 0.414 e. The van der Waals surface area contributed by atoms with Gasteiger partial charge in [0.15, 0.2) is 8.32 Å². The van der Waals surface area contributed by atoms with E-state index >= 15 is 0 Å². The van der Waals surface area contributed by atoms with Gasteiger partial charge in [-0.05, 0) is 43.0 Å². The third-order valence-electron chi connectivity index (χ3n) is 5.58. The summed E-state index contributed by atoms with van der Waals surface area (Å²) in [5, 5.41) is 20.7. The molecule has 1 aliphatic rings. The maximum absolute atomic E-state index is 10.8. The van der Waals surface area contributed by atoms with Crippen molar-refractivity contribution < 1.29 is 9.35 Å². The Bertz CT molecular complexity index is 658. The molecule has 1 saturated carbocycles. The Kier molecular flexibility index (Phi) is 4.89. The zero-order chi connectivity index (χ0) is 18.2. The molecule has 0 saturated heterocycles. The summed E-state index contributed by atoms with van der Waals surface area (Å²) >= 11 is 0. The Morgan fingerprint density at radius 3 is 2.38 bits per heavy atom. The van der Waals surface area contributed by atoms with E-state index in [-0.39, 0.29) is 16.8 Å². The van der Waals surface area contributed by atoms with Gasteiger partial charge in [-0.3, -0.25) is 10.1 Å². The fourth-order valence-electron chi connectivity index (χ4n) is 3.02. The molecule has 0 N–H and O–H groups in total. The molecule has 1 aromatic rings. The van der Waals surface area contributed by atoms with Gasteiger partial charge < -0.3 is 4.43 Å². The molecule has 0 bridgehead atoms. The molecule has 1 aliphatic carbocycles. The average molecular weight is 347 g/mol. The lowest BCUT2D eigenvalue weighted by Gasteiger charge is -2.38. The molecular weight excluding hydrogens is 320 g/mol. The SMILES string of the molecule is CC(C)(C)[Si](C)(C)O[C@@H]1CC[C@](C#N)(c2ccc([N+](=O)[O-])cc2)C1. The van der Waals surface area contributed by atoms with Gasteiger partial charge in [-0.2, -0.15) is 5.26 Å². The molecule has 130 valence electrons. The van der Waals surface area contributed by atoms with Crippen LogP contribution in [0, 0.1) is 21.4 Å². The number of benzene rings is 1. The second-order valence-corrected chi connectivity index (χ2v) is 13.0. The van der Waals surface area contributed by atoms with Crippen LogP contribution in [0.3, 0.4) is 0 Å². The molecule has 1 fully saturated rings. The van der Waals surface area contributed by atoms with Gasteiger partial charge in [0.05, 0.1) is 16.4 Å². The van der Waals surface area contributed by atoms with Gasteiger partial charge >= 0.3 is 0 Å². The lowest BCUT2D eigenvalue weighted by molar-refractivity contribution is -0.384. The van der Waals surface area contributed by atoms with Gasteiger partial charge in [0, 0.05) is 18.2 Å². The number of hydrogen-bond acceptors (Lipinski definition) is 4. The van der Waals surface area contributed by atoms with Gasteiger partial charge in [-0.1, -0.05) is 32.9 Å². The first-order valence-electron chi connectivity index (χ1n) is 8.35. The minimum Gasteiger partial charge on any atom is -0.414 e. The monoisotopic (exact) mass is 346 g/mol. The molecule has 6 heteroatoms. The lowest BCUT2D eigenvalue weighted by Crippen LogP contribution is -2.43. The highest BCUT2D eigenvalue weighted by Crippen LogP contribution is 2.45. The summed E-state index contributed by atoms with van der Waals surface area (Å²) in [5.41, 5.74) is 0.318. The summed E-state index contributed by atoms with van der Waals surface area (Å²) in [6.45, 7) is 11.1. The topological polar surface area (TPSA) is 76.2 Å². The van der Waals surface area contributed by atoms with E-state index in [1.807, 2.05) is 0 Å². The van der Waals surface area contributed by atoms with Crippen molar-refractivity contribution in [1.29, 1.82) is 5.26 Å². The van der Waals surface area contributed by atoms with Crippen molar-refractivity contribution >= 4 is 14.0 Å². The van der Waals surface area contributed by atoms with Crippen LogP contribution in [0.25, 0.3) is 0 Å². The number of nitro groups is 1. The quantitative estimate of drug-likeness (QED) is 0.440. The molecule has 5 nitrogen and oxygen atoms in total. The van der Waals surface area contributed by atoms with Crippen LogP contribution in [0.4, 0.5) is 5.69 Å².